The third-order valence-electron chi connectivity index (χ3n) is 4.46. The Balaban J connectivity index is 1.65. The minimum Gasteiger partial charge on any atom is -0.486 e. The van der Waals surface area contributed by atoms with Crippen LogP contribution in [0.5, 0.6) is 17.4 Å². The number of anilines is 2. The van der Waals surface area contributed by atoms with Gasteiger partial charge in [0.15, 0.2) is 11.5 Å². The van der Waals surface area contributed by atoms with E-state index in [0.29, 0.717) is 61.1 Å². The number of hydrogen-bond donors (Lipinski definition) is 1. The maximum Gasteiger partial charge on any atom is 0.237 e. The van der Waals surface area contributed by atoms with Crippen molar-refractivity contribution in [2.24, 2.45) is 0 Å². The van der Waals surface area contributed by atoms with Gasteiger partial charge >= 0.3 is 0 Å². The van der Waals surface area contributed by atoms with Crippen LogP contribution in [0.4, 0.5) is 11.6 Å². The highest BCUT2D eigenvalue weighted by Gasteiger charge is 2.29. The van der Waals surface area contributed by atoms with Gasteiger partial charge in [-0.3, -0.25) is 4.79 Å². The zero-order valence-corrected chi connectivity index (χ0v) is 15.9. The number of fused-ring (bicyclic) bond motifs is 1. The third-order valence-corrected chi connectivity index (χ3v) is 4.72. The fraction of sp³-hybridized carbons (Fsp3) is 0.389. The van der Waals surface area contributed by atoms with Crippen LogP contribution in [0, 0.1) is 0 Å². The van der Waals surface area contributed by atoms with Crippen molar-refractivity contribution in [1.29, 1.82) is 0 Å². The standard InChI is InChI=1S/C18H19ClN4O5/c1-25-17-12(19)8-20-18(22-17)21-13-3-2-11(15-16(13)28-7-6-27-15)14-9-23(10-24)4-5-26-14/h2-3,8,10,14H,4-7,9H2,1H3,(H,20,21,22). The summed E-state index contributed by atoms with van der Waals surface area (Å²) in [5.41, 5.74) is 1.48. The zero-order chi connectivity index (χ0) is 19.5. The molecule has 2 aliphatic heterocycles. The van der Waals surface area contributed by atoms with Crippen LogP contribution in [0.1, 0.15) is 11.7 Å². The Kier molecular flexibility index (Phi) is 5.36. The number of carbonyl (C=O) groups excluding carboxylic acids is 1. The molecule has 2 aromatic rings. The van der Waals surface area contributed by atoms with E-state index < -0.39 is 0 Å². The Morgan fingerprint density at radius 2 is 2.11 bits per heavy atom. The highest BCUT2D eigenvalue weighted by molar-refractivity contribution is 6.31. The van der Waals surface area contributed by atoms with Crippen LogP contribution in [0.15, 0.2) is 18.3 Å². The highest BCUT2D eigenvalue weighted by atomic mass is 35.5. The number of methoxy groups -OCH3 is 1. The molecule has 1 aromatic heterocycles. The van der Waals surface area contributed by atoms with Gasteiger partial charge in [0, 0.05) is 12.1 Å². The normalized spacial score (nSPS) is 18.5. The van der Waals surface area contributed by atoms with Gasteiger partial charge in [0.25, 0.3) is 0 Å². The maximum absolute atomic E-state index is 11.1. The molecule has 9 nitrogen and oxygen atoms in total. The summed E-state index contributed by atoms with van der Waals surface area (Å²) in [6, 6.07) is 3.73. The molecular formula is C18H19ClN4O5. The molecular weight excluding hydrogens is 388 g/mol. The number of amides is 1. The van der Waals surface area contributed by atoms with Crippen molar-refractivity contribution in [3.05, 3.63) is 28.9 Å². The monoisotopic (exact) mass is 406 g/mol. The second kappa shape index (κ2) is 8.07. The minimum atomic E-state index is -0.282. The number of nitrogens with zero attached hydrogens (tertiary/aromatic N) is 3. The van der Waals surface area contributed by atoms with E-state index in [1.165, 1.54) is 13.3 Å². The number of aromatic nitrogens is 2. The van der Waals surface area contributed by atoms with Crippen LogP contribution >= 0.6 is 11.6 Å². The van der Waals surface area contributed by atoms with E-state index in [-0.39, 0.29) is 12.0 Å². The van der Waals surface area contributed by atoms with E-state index in [4.69, 9.17) is 30.5 Å². The Bertz CT molecular complexity index is 881. The lowest BCUT2D eigenvalue weighted by atomic mass is 10.0. The first-order valence-corrected chi connectivity index (χ1v) is 9.14. The lowest BCUT2D eigenvalue weighted by Crippen LogP contribution is -2.37. The second-order valence-corrected chi connectivity index (χ2v) is 6.60. The molecule has 1 atom stereocenters. The number of rotatable bonds is 5. The molecule has 0 bridgehead atoms. The molecule has 0 radical (unpaired) electrons. The molecule has 28 heavy (non-hydrogen) atoms. The molecule has 1 fully saturated rings. The van der Waals surface area contributed by atoms with Gasteiger partial charge in [0.2, 0.25) is 18.2 Å². The number of morpholine rings is 1. The van der Waals surface area contributed by atoms with Crippen LogP contribution < -0.4 is 19.5 Å². The molecule has 1 amide bonds. The topological polar surface area (TPSA) is 95.0 Å². The fourth-order valence-corrected chi connectivity index (χ4v) is 3.31. The molecule has 10 heteroatoms. The highest BCUT2D eigenvalue weighted by Crippen LogP contribution is 2.44. The number of hydrogen-bond acceptors (Lipinski definition) is 8. The van der Waals surface area contributed by atoms with Crippen LogP contribution in [0.3, 0.4) is 0 Å². The van der Waals surface area contributed by atoms with Crippen LogP contribution in [-0.4, -0.2) is 61.3 Å². The third kappa shape index (κ3) is 3.63. The number of halogens is 1. The summed E-state index contributed by atoms with van der Waals surface area (Å²) in [4.78, 5) is 21.2. The summed E-state index contributed by atoms with van der Waals surface area (Å²) in [6.45, 7) is 2.36. The summed E-state index contributed by atoms with van der Waals surface area (Å²) in [7, 11) is 1.48. The predicted octanol–water partition coefficient (Wildman–Crippen LogP) is 2.18. The summed E-state index contributed by atoms with van der Waals surface area (Å²) >= 11 is 5.98. The molecule has 4 rings (SSSR count). The summed E-state index contributed by atoms with van der Waals surface area (Å²) in [6.07, 6.45) is 2.01. The fourth-order valence-electron chi connectivity index (χ4n) is 3.14. The Hall–Kier alpha value is -2.78. The number of carbonyl (C=O) groups is 1. The average Bonchev–Trinajstić information content (AvgIpc) is 2.75. The molecule has 3 heterocycles. The maximum atomic E-state index is 11.1. The van der Waals surface area contributed by atoms with Crippen molar-refractivity contribution in [2.45, 2.75) is 6.10 Å². The Morgan fingerprint density at radius 1 is 1.29 bits per heavy atom. The predicted molar refractivity (Wildman–Crippen MR) is 101 cm³/mol. The van der Waals surface area contributed by atoms with Crippen LogP contribution in [0.25, 0.3) is 0 Å². The average molecular weight is 407 g/mol. The molecule has 1 N–H and O–H groups in total. The van der Waals surface area contributed by atoms with Crippen molar-refractivity contribution < 1.29 is 23.7 Å². The first-order chi connectivity index (χ1) is 13.7. The molecule has 0 saturated carbocycles. The first-order valence-electron chi connectivity index (χ1n) is 8.76. The van der Waals surface area contributed by atoms with Gasteiger partial charge in [0.1, 0.15) is 24.3 Å². The van der Waals surface area contributed by atoms with Crippen molar-refractivity contribution >= 4 is 29.6 Å². The van der Waals surface area contributed by atoms with Gasteiger partial charge in [-0.25, -0.2) is 4.98 Å². The van der Waals surface area contributed by atoms with E-state index in [2.05, 4.69) is 15.3 Å². The largest absolute Gasteiger partial charge is 0.486 e. The van der Waals surface area contributed by atoms with Crippen molar-refractivity contribution in [2.75, 3.05) is 45.3 Å². The molecule has 0 aliphatic carbocycles. The number of benzene rings is 1. The Morgan fingerprint density at radius 3 is 2.89 bits per heavy atom. The SMILES string of the molecule is COc1nc(Nc2ccc(C3CN(C=O)CCO3)c3c2OCCO3)ncc1Cl. The second-order valence-electron chi connectivity index (χ2n) is 6.19. The van der Waals surface area contributed by atoms with Crippen molar-refractivity contribution in [3.8, 4) is 17.4 Å². The van der Waals surface area contributed by atoms with Crippen molar-refractivity contribution in [1.82, 2.24) is 14.9 Å². The van der Waals surface area contributed by atoms with Gasteiger partial charge in [-0.15, -0.1) is 0 Å². The smallest absolute Gasteiger partial charge is 0.237 e. The minimum absolute atomic E-state index is 0.270. The summed E-state index contributed by atoms with van der Waals surface area (Å²) in [5, 5.41) is 3.43. The Labute approximate surface area is 166 Å². The molecule has 0 spiro atoms. The summed E-state index contributed by atoms with van der Waals surface area (Å²) < 4.78 is 22.7. The quantitative estimate of drug-likeness (QED) is 0.755. The number of ether oxygens (including phenoxy) is 4. The van der Waals surface area contributed by atoms with Gasteiger partial charge in [-0.05, 0) is 6.07 Å². The number of nitrogens with one attached hydrogen (secondary N) is 1. The lowest BCUT2D eigenvalue weighted by molar-refractivity contribution is -0.125. The van der Waals surface area contributed by atoms with Gasteiger partial charge in [0.05, 0.1) is 32.1 Å². The first kappa shape index (κ1) is 18.6. The van der Waals surface area contributed by atoms with Crippen LogP contribution in [-0.2, 0) is 9.53 Å². The van der Waals surface area contributed by atoms with Crippen LogP contribution in [0.2, 0.25) is 5.02 Å². The molecule has 1 aromatic carbocycles. The van der Waals surface area contributed by atoms with E-state index in [9.17, 15) is 4.79 Å². The van der Waals surface area contributed by atoms with E-state index >= 15 is 0 Å². The van der Waals surface area contributed by atoms with Gasteiger partial charge in [-0.1, -0.05) is 17.7 Å². The van der Waals surface area contributed by atoms with Gasteiger partial charge < -0.3 is 29.2 Å². The van der Waals surface area contributed by atoms with Crippen molar-refractivity contribution in [3.63, 3.8) is 0 Å². The van der Waals surface area contributed by atoms with E-state index in [1.54, 1.807) is 4.90 Å². The van der Waals surface area contributed by atoms with Gasteiger partial charge in [-0.2, -0.15) is 4.98 Å². The summed E-state index contributed by atoms with van der Waals surface area (Å²) in [5.74, 6) is 1.72. The lowest BCUT2D eigenvalue weighted by Gasteiger charge is -2.33. The molecule has 1 unspecified atom stereocenters. The molecule has 1 saturated heterocycles. The van der Waals surface area contributed by atoms with E-state index in [0.717, 1.165) is 12.0 Å². The molecule has 148 valence electrons. The van der Waals surface area contributed by atoms with E-state index in [1.807, 2.05) is 12.1 Å². The zero-order valence-electron chi connectivity index (χ0n) is 15.2. The molecule has 2 aliphatic rings.